The van der Waals surface area contributed by atoms with E-state index in [1.807, 2.05) is 0 Å². The Bertz CT molecular complexity index is 682. The lowest BCUT2D eigenvalue weighted by atomic mass is 10.0. The molecule has 1 unspecified atom stereocenters. The van der Waals surface area contributed by atoms with Crippen molar-refractivity contribution in [3.63, 3.8) is 0 Å². The van der Waals surface area contributed by atoms with Crippen LogP contribution in [0.25, 0.3) is 0 Å². The normalized spacial score (nSPS) is 20.1. The summed E-state index contributed by atoms with van der Waals surface area (Å²) >= 11 is 0. The van der Waals surface area contributed by atoms with E-state index < -0.39 is 21.7 Å². The Kier molecular flexibility index (Phi) is 4.17. The number of nitrogens with one attached hydrogen (secondary N) is 1. The number of amides is 1. The maximum Gasteiger partial charge on any atom is 0.337 e. The third-order valence-electron chi connectivity index (χ3n) is 3.31. The molecule has 0 radical (unpaired) electrons. The number of phenols is 1. The fourth-order valence-corrected chi connectivity index (χ4v) is 4.18. The molecule has 1 heterocycles. The van der Waals surface area contributed by atoms with Crippen LogP contribution in [0, 0.1) is 5.92 Å². The van der Waals surface area contributed by atoms with Crippen molar-refractivity contribution >= 4 is 27.4 Å². The Balaban J connectivity index is 2.05. The van der Waals surface area contributed by atoms with Gasteiger partial charge in [0, 0.05) is 6.42 Å². The van der Waals surface area contributed by atoms with E-state index in [0.29, 0.717) is 6.42 Å². The summed E-state index contributed by atoms with van der Waals surface area (Å²) in [6, 6.07) is 3.60. The number of aromatic hydroxyl groups is 1. The van der Waals surface area contributed by atoms with Gasteiger partial charge < -0.3 is 15.5 Å². The third kappa shape index (κ3) is 3.94. The molecule has 0 aliphatic carbocycles. The van der Waals surface area contributed by atoms with E-state index in [2.05, 4.69) is 5.32 Å². The van der Waals surface area contributed by atoms with Crippen LogP contribution < -0.4 is 5.32 Å². The van der Waals surface area contributed by atoms with E-state index >= 15 is 0 Å². The fraction of sp³-hybridized carbons (Fsp3) is 0.385. The van der Waals surface area contributed by atoms with Crippen molar-refractivity contribution in [3.8, 4) is 5.75 Å². The van der Waals surface area contributed by atoms with E-state index in [0.717, 1.165) is 6.07 Å². The maximum absolute atomic E-state index is 11.9. The summed E-state index contributed by atoms with van der Waals surface area (Å²) in [4.78, 5) is 22.9. The SMILES string of the molecule is O=C(CC1CCS(=O)(=O)C1)Nc1ccc(O)cc1C(=O)O. The van der Waals surface area contributed by atoms with Crippen LogP contribution in [-0.2, 0) is 14.6 Å². The molecule has 1 atom stereocenters. The number of benzene rings is 1. The average Bonchev–Trinajstić information content (AvgIpc) is 2.70. The molecule has 114 valence electrons. The minimum Gasteiger partial charge on any atom is -0.508 e. The molecule has 3 N–H and O–H groups in total. The molecule has 8 heteroatoms. The van der Waals surface area contributed by atoms with Crippen LogP contribution in [0.5, 0.6) is 5.75 Å². The van der Waals surface area contributed by atoms with Gasteiger partial charge in [-0.25, -0.2) is 13.2 Å². The van der Waals surface area contributed by atoms with Gasteiger partial charge in [0.25, 0.3) is 0 Å². The molecule has 1 amide bonds. The number of sulfone groups is 1. The largest absolute Gasteiger partial charge is 0.508 e. The molecule has 0 spiro atoms. The highest BCUT2D eigenvalue weighted by atomic mass is 32.2. The Morgan fingerprint density at radius 1 is 1.33 bits per heavy atom. The van der Waals surface area contributed by atoms with Gasteiger partial charge in [0.1, 0.15) is 5.75 Å². The second-order valence-corrected chi connectivity index (χ2v) is 7.29. The summed E-state index contributed by atoms with van der Waals surface area (Å²) in [6.07, 6.45) is 0.469. The molecule has 1 aromatic rings. The summed E-state index contributed by atoms with van der Waals surface area (Å²) in [5.74, 6) is -2.09. The molecular formula is C13H15NO6S. The van der Waals surface area contributed by atoms with E-state index in [9.17, 15) is 23.1 Å². The van der Waals surface area contributed by atoms with Crippen molar-refractivity contribution in [2.24, 2.45) is 5.92 Å². The van der Waals surface area contributed by atoms with Crippen LogP contribution in [0.1, 0.15) is 23.2 Å². The molecule has 0 bridgehead atoms. The molecule has 1 aromatic carbocycles. The third-order valence-corrected chi connectivity index (χ3v) is 5.15. The highest BCUT2D eigenvalue weighted by Crippen LogP contribution is 2.24. The summed E-state index contributed by atoms with van der Waals surface area (Å²) < 4.78 is 22.6. The monoisotopic (exact) mass is 313 g/mol. The van der Waals surface area contributed by atoms with Crippen LogP contribution in [-0.4, -0.2) is 42.0 Å². The Hall–Kier alpha value is -2.09. The van der Waals surface area contributed by atoms with Crippen LogP contribution in [0.2, 0.25) is 0 Å². The van der Waals surface area contributed by atoms with E-state index in [1.165, 1.54) is 12.1 Å². The van der Waals surface area contributed by atoms with Crippen molar-refractivity contribution in [1.29, 1.82) is 0 Å². The first-order chi connectivity index (χ1) is 9.77. The van der Waals surface area contributed by atoms with Crippen molar-refractivity contribution in [2.45, 2.75) is 12.8 Å². The maximum atomic E-state index is 11.9. The summed E-state index contributed by atoms with van der Waals surface area (Å²) in [5, 5.41) is 20.7. The van der Waals surface area contributed by atoms with Crippen molar-refractivity contribution in [3.05, 3.63) is 23.8 Å². The lowest BCUT2D eigenvalue weighted by Gasteiger charge is -2.11. The van der Waals surface area contributed by atoms with E-state index in [-0.39, 0.29) is 40.8 Å². The first kappa shape index (κ1) is 15.3. The zero-order valence-electron chi connectivity index (χ0n) is 11.1. The van der Waals surface area contributed by atoms with Gasteiger partial charge >= 0.3 is 5.97 Å². The van der Waals surface area contributed by atoms with Gasteiger partial charge in [-0.15, -0.1) is 0 Å². The number of carboxylic acids is 1. The minimum absolute atomic E-state index is 0.0121. The second-order valence-electron chi connectivity index (χ2n) is 5.06. The molecule has 1 fully saturated rings. The van der Waals surface area contributed by atoms with Crippen LogP contribution in [0.15, 0.2) is 18.2 Å². The molecule has 0 saturated carbocycles. The molecule has 21 heavy (non-hydrogen) atoms. The fourth-order valence-electron chi connectivity index (χ4n) is 2.31. The van der Waals surface area contributed by atoms with Crippen molar-refractivity contribution in [2.75, 3.05) is 16.8 Å². The Morgan fingerprint density at radius 3 is 2.62 bits per heavy atom. The summed E-state index contributed by atoms with van der Waals surface area (Å²) in [6.45, 7) is 0. The molecule has 0 aromatic heterocycles. The number of phenolic OH excluding ortho intramolecular Hbond substituents is 1. The molecule has 1 saturated heterocycles. The van der Waals surface area contributed by atoms with Gasteiger partial charge in [0.15, 0.2) is 9.84 Å². The van der Waals surface area contributed by atoms with Gasteiger partial charge in [-0.1, -0.05) is 0 Å². The smallest absolute Gasteiger partial charge is 0.337 e. The van der Waals surface area contributed by atoms with Gasteiger partial charge in [-0.2, -0.15) is 0 Å². The highest BCUT2D eigenvalue weighted by molar-refractivity contribution is 7.91. The summed E-state index contributed by atoms with van der Waals surface area (Å²) in [5.41, 5.74) is -0.145. The van der Waals surface area contributed by atoms with Gasteiger partial charge in [-0.05, 0) is 30.5 Å². The number of carbonyl (C=O) groups is 2. The average molecular weight is 313 g/mol. The van der Waals surface area contributed by atoms with Crippen molar-refractivity contribution < 1.29 is 28.2 Å². The lowest BCUT2D eigenvalue weighted by molar-refractivity contribution is -0.116. The minimum atomic E-state index is -3.05. The Morgan fingerprint density at radius 2 is 2.05 bits per heavy atom. The molecule has 7 nitrogen and oxygen atoms in total. The second kappa shape index (κ2) is 5.72. The summed E-state index contributed by atoms with van der Waals surface area (Å²) in [7, 11) is -3.05. The molecular weight excluding hydrogens is 298 g/mol. The van der Waals surface area contributed by atoms with Gasteiger partial charge in [-0.3, -0.25) is 4.79 Å². The number of rotatable bonds is 4. The lowest BCUT2D eigenvalue weighted by Crippen LogP contribution is -2.19. The number of hydrogen-bond acceptors (Lipinski definition) is 5. The zero-order valence-corrected chi connectivity index (χ0v) is 11.9. The van der Waals surface area contributed by atoms with E-state index in [1.54, 1.807) is 0 Å². The quantitative estimate of drug-likeness (QED) is 0.709. The van der Waals surface area contributed by atoms with Gasteiger partial charge in [0.2, 0.25) is 5.91 Å². The number of carboxylic acid groups (broad SMARTS) is 1. The van der Waals surface area contributed by atoms with Crippen LogP contribution >= 0.6 is 0 Å². The predicted molar refractivity (Wildman–Crippen MR) is 75.1 cm³/mol. The molecule has 1 aliphatic heterocycles. The van der Waals surface area contributed by atoms with E-state index in [4.69, 9.17) is 5.11 Å². The van der Waals surface area contributed by atoms with Crippen molar-refractivity contribution in [1.82, 2.24) is 0 Å². The number of anilines is 1. The first-order valence-electron chi connectivity index (χ1n) is 6.33. The molecule has 1 aliphatic rings. The zero-order chi connectivity index (χ0) is 15.6. The standard InChI is InChI=1S/C13H15NO6S/c15-9-1-2-11(10(6-9)13(17)18)14-12(16)5-8-3-4-21(19,20)7-8/h1-2,6,8,15H,3-5,7H2,(H,14,16)(H,17,18). The topological polar surface area (TPSA) is 121 Å². The van der Waals surface area contributed by atoms with Gasteiger partial charge in [0.05, 0.1) is 22.8 Å². The predicted octanol–water partition coefficient (Wildman–Crippen LogP) is 0.854. The molecule has 2 rings (SSSR count). The number of hydrogen-bond donors (Lipinski definition) is 3. The number of carbonyl (C=O) groups excluding carboxylic acids is 1. The highest BCUT2D eigenvalue weighted by Gasteiger charge is 2.29. The van der Waals surface area contributed by atoms with Crippen LogP contribution in [0.4, 0.5) is 5.69 Å². The number of aromatic carboxylic acids is 1. The first-order valence-corrected chi connectivity index (χ1v) is 8.15. The van der Waals surface area contributed by atoms with Crippen LogP contribution in [0.3, 0.4) is 0 Å². The Labute approximate surface area is 121 Å².